The molecule has 9 heteroatoms. The van der Waals surface area contributed by atoms with Gasteiger partial charge in [-0.15, -0.1) is 0 Å². The standard InChI is InChI=1S/C44H55NO8/c1-7-37-25(2)17-21-39(52-37)44(5)42(53-44)26(3)16-18-29-27(4)30(29)19-20-38-41(47)36(22-28(51-38)23-40(46)49-6)45-43(48)50-24-35-33-14-10-8-12-31(33)32-13-9-11-15-34(32)35/h8-20,26-30,35-39,41-42,47H,7,21-24H2,1-6H3,(H,45,48)/t26-,27-,28+,29+,30+,36+,37-,38+,39-,41-,42?,44?/m1/s1. The molecule has 2 aromatic carbocycles. The minimum Gasteiger partial charge on any atom is -0.469 e. The number of allylic oxidation sites excluding steroid dienone is 2. The molecular formula is C44H55NO8. The molecule has 12 atom stereocenters. The number of benzene rings is 2. The number of ether oxygens (including phenoxy) is 5. The van der Waals surface area contributed by atoms with Crippen molar-refractivity contribution >= 4 is 12.1 Å². The van der Waals surface area contributed by atoms with Gasteiger partial charge in [-0.05, 0) is 78.7 Å². The normalized spacial score (nSPS) is 35.3. The maximum atomic E-state index is 13.2. The molecule has 0 radical (unpaired) electrons. The second kappa shape index (κ2) is 15.5. The number of nitrogens with one attached hydrogen (secondary N) is 1. The summed E-state index contributed by atoms with van der Waals surface area (Å²) in [5, 5.41) is 14.3. The van der Waals surface area contributed by atoms with Crippen LogP contribution in [-0.2, 0) is 28.5 Å². The van der Waals surface area contributed by atoms with Crippen molar-refractivity contribution in [3.8, 4) is 11.1 Å². The summed E-state index contributed by atoms with van der Waals surface area (Å²) in [6.07, 6.45) is 10.5. The fourth-order valence-electron chi connectivity index (χ4n) is 8.98. The van der Waals surface area contributed by atoms with Crippen molar-refractivity contribution in [3.05, 3.63) is 95.6 Å². The van der Waals surface area contributed by atoms with Crippen molar-refractivity contribution in [3.63, 3.8) is 0 Å². The van der Waals surface area contributed by atoms with Gasteiger partial charge in [0.1, 0.15) is 24.4 Å². The molecule has 2 unspecified atom stereocenters. The zero-order chi connectivity index (χ0) is 37.4. The molecule has 1 saturated carbocycles. The van der Waals surface area contributed by atoms with E-state index >= 15 is 0 Å². The van der Waals surface area contributed by atoms with Crippen LogP contribution in [0.4, 0.5) is 4.79 Å². The van der Waals surface area contributed by atoms with Crippen LogP contribution in [0.25, 0.3) is 11.1 Å². The van der Waals surface area contributed by atoms with Crippen molar-refractivity contribution in [1.82, 2.24) is 5.32 Å². The number of hydrogen-bond acceptors (Lipinski definition) is 8. The third-order valence-corrected chi connectivity index (χ3v) is 12.4. The van der Waals surface area contributed by atoms with Crippen LogP contribution in [0.1, 0.15) is 77.3 Å². The number of methoxy groups -OCH3 is 1. The van der Waals surface area contributed by atoms with Gasteiger partial charge in [0.05, 0.1) is 44.0 Å². The maximum absolute atomic E-state index is 13.2. The Kier molecular flexibility index (Phi) is 11.0. The molecule has 0 spiro atoms. The predicted octanol–water partition coefficient (Wildman–Crippen LogP) is 7.28. The highest BCUT2D eigenvalue weighted by Gasteiger charge is 2.60. The van der Waals surface area contributed by atoms with Gasteiger partial charge in [-0.2, -0.15) is 0 Å². The summed E-state index contributed by atoms with van der Waals surface area (Å²) in [5.41, 5.74) is 5.59. The summed E-state index contributed by atoms with van der Waals surface area (Å²) in [6, 6.07) is 15.7. The van der Waals surface area contributed by atoms with Gasteiger partial charge in [-0.1, -0.05) is 99.7 Å². The van der Waals surface area contributed by atoms with E-state index in [9.17, 15) is 14.7 Å². The maximum Gasteiger partial charge on any atom is 0.407 e. The van der Waals surface area contributed by atoms with E-state index in [-0.39, 0.29) is 61.1 Å². The van der Waals surface area contributed by atoms with Crippen LogP contribution < -0.4 is 5.32 Å². The number of amides is 1. The van der Waals surface area contributed by atoms with Crippen molar-refractivity contribution in [1.29, 1.82) is 0 Å². The van der Waals surface area contributed by atoms with E-state index in [1.807, 2.05) is 30.3 Å². The fraction of sp³-hybridized carbons (Fsp3) is 0.545. The Morgan fingerprint density at radius 1 is 1.04 bits per heavy atom. The van der Waals surface area contributed by atoms with E-state index in [1.165, 1.54) is 12.7 Å². The molecule has 7 rings (SSSR count). The smallest absolute Gasteiger partial charge is 0.407 e. The molecule has 3 heterocycles. The number of aliphatic hydroxyl groups excluding tert-OH is 1. The van der Waals surface area contributed by atoms with Crippen LogP contribution in [0.15, 0.2) is 84.5 Å². The lowest BCUT2D eigenvalue weighted by molar-refractivity contribution is -0.151. The highest BCUT2D eigenvalue weighted by molar-refractivity contribution is 5.79. The Bertz CT molecular complexity index is 1710. The molecule has 9 nitrogen and oxygen atoms in total. The van der Waals surface area contributed by atoms with Gasteiger partial charge in [0.2, 0.25) is 0 Å². The number of carbonyl (C=O) groups excluding carboxylic acids is 2. The average molecular weight is 726 g/mol. The Morgan fingerprint density at radius 2 is 1.72 bits per heavy atom. The van der Waals surface area contributed by atoms with E-state index in [0.29, 0.717) is 11.8 Å². The number of alkyl carbamates (subject to hydrolysis) is 1. The molecular weight excluding hydrogens is 670 g/mol. The molecule has 2 saturated heterocycles. The number of hydrogen-bond donors (Lipinski definition) is 2. The first-order valence-corrected chi connectivity index (χ1v) is 19.4. The van der Waals surface area contributed by atoms with Gasteiger partial charge in [-0.3, -0.25) is 4.79 Å². The molecule has 53 heavy (non-hydrogen) atoms. The minimum absolute atomic E-state index is 0.0164. The number of rotatable bonds is 12. The molecule has 3 aliphatic heterocycles. The van der Waals surface area contributed by atoms with Crippen molar-refractivity contribution in [2.24, 2.45) is 23.7 Å². The number of esters is 1. The first-order chi connectivity index (χ1) is 25.5. The summed E-state index contributed by atoms with van der Waals surface area (Å²) in [4.78, 5) is 25.5. The van der Waals surface area contributed by atoms with Gasteiger partial charge in [0.25, 0.3) is 0 Å². The zero-order valence-electron chi connectivity index (χ0n) is 31.8. The van der Waals surface area contributed by atoms with Gasteiger partial charge in [0, 0.05) is 11.8 Å². The van der Waals surface area contributed by atoms with E-state index < -0.39 is 36.4 Å². The quantitative estimate of drug-likeness (QED) is 0.133. The third-order valence-electron chi connectivity index (χ3n) is 12.4. The fourth-order valence-corrected chi connectivity index (χ4v) is 8.98. The lowest BCUT2D eigenvalue weighted by Gasteiger charge is -2.38. The second-order valence-corrected chi connectivity index (χ2v) is 15.9. The first-order valence-electron chi connectivity index (χ1n) is 19.4. The molecule has 5 aliphatic rings. The number of epoxide rings is 1. The van der Waals surface area contributed by atoms with Crippen LogP contribution in [0.2, 0.25) is 0 Å². The molecule has 2 aliphatic carbocycles. The third kappa shape index (κ3) is 7.77. The highest BCUT2D eigenvalue weighted by atomic mass is 16.6. The van der Waals surface area contributed by atoms with Crippen molar-refractivity contribution in [2.45, 2.75) is 114 Å². The van der Waals surface area contributed by atoms with Crippen molar-refractivity contribution < 1.29 is 38.4 Å². The van der Waals surface area contributed by atoms with Crippen LogP contribution >= 0.6 is 0 Å². The molecule has 0 aromatic heterocycles. The summed E-state index contributed by atoms with van der Waals surface area (Å²) >= 11 is 0. The van der Waals surface area contributed by atoms with Crippen molar-refractivity contribution in [2.75, 3.05) is 13.7 Å². The number of carbonyl (C=O) groups is 2. The molecule has 284 valence electrons. The van der Waals surface area contributed by atoms with Gasteiger partial charge < -0.3 is 34.1 Å². The monoisotopic (exact) mass is 725 g/mol. The number of aliphatic hydroxyl groups is 1. The molecule has 3 fully saturated rings. The van der Waals surface area contributed by atoms with Crippen LogP contribution in [0.3, 0.4) is 0 Å². The summed E-state index contributed by atoms with van der Waals surface area (Å²) in [7, 11) is 1.34. The van der Waals surface area contributed by atoms with Crippen LogP contribution in [0, 0.1) is 23.7 Å². The largest absolute Gasteiger partial charge is 0.469 e. The van der Waals surface area contributed by atoms with E-state index in [2.05, 4.69) is 88.5 Å². The molecule has 2 aromatic rings. The Morgan fingerprint density at radius 3 is 2.40 bits per heavy atom. The summed E-state index contributed by atoms with van der Waals surface area (Å²) in [6.45, 7) is 11.1. The van der Waals surface area contributed by atoms with Gasteiger partial charge >= 0.3 is 12.1 Å². The lowest BCUT2D eigenvalue weighted by atomic mass is 9.88. The molecule has 1 amide bonds. The highest BCUT2D eigenvalue weighted by Crippen LogP contribution is 2.51. The molecule has 0 bridgehead atoms. The minimum atomic E-state index is -1.03. The second-order valence-electron chi connectivity index (χ2n) is 15.9. The topological polar surface area (TPSA) is 116 Å². The van der Waals surface area contributed by atoms with Crippen LogP contribution in [-0.4, -0.2) is 79.2 Å². The zero-order valence-corrected chi connectivity index (χ0v) is 31.8. The van der Waals surface area contributed by atoms with E-state index in [1.54, 1.807) is 0 Å². The first kappa shape index (κ1) is 37.6. The lowest BCUT2D eigenvalue weighted by Crippen LogP contribution is -2.55. The molecule has 2 N–H and O–H groups in total. The predicted molar refractivity (Wildman–Crippen MR) is 202 cm³/mol. The Hall–Kier alpha value is -3.76. The SMILES string of the molecule is CC[C@H]1O[C@@H](C2(C)OC2[C@H](C)C=C[C@H]2[C@@H](C)[C@@H]2C=C[C@@H]2O[C@H](CC(=O)OC)C[C@H](NC(=O)OCC3c4ccccc4-c4ccccc43)[C@H]2O)CC=C1C. The van der Waals surface area contributed by atoms with Gasteiger partial charge in [-0.25, -0.2) is 4.79 Å². The van der Waals surface area contributed by atoms with Gasteiger partial charge in [0.15, 0.2) is 0 Å². The van der Waals surface area contributed by atoms with E-state index in [0.717, 1.165) is 35.1 Å². The average Bonchev–Trinajstić information content (AvgIpc) is 4.00. The Balaban J connectivity index is 0.949. The number of fused-ring (bicyclic) bond motifs is 3. The van der Waals surface area contributed by atoms with Crippen LogP contribution in [0.5, 0.6) is 0 Å². The van der Waals surface area contributed by atoms with E-state index in [4.69, 9.17) is 23.7 Å². The Labute approximate surface area is 313 Å². The summed E-state index contributed by atoms with van der Waals surface area (Å²) in [5.74, 6) is 0.842. The summed E-state index contributed by atoms with van der Waals surface area (Å²) < 4.78 is 29.6.